The Morgan fingerprint density at radius 3 is 2.72 bits per heavy atom. The van der Waals surface area contributed by atoms with Crippen LogP contribution in [0.2, 0.25) is 0 Å². The number of amides is 1. The normalized spacial score (nSPS) is 15.9. The first-order valence-electron chi connectivity index (χ1n) is 7.95. The smallest absolute Gasteiger partial charge is 0.328 e. The standard InChI is InChI=1S/C17H18F3N3OS/c1-10(11-3-2-4-12(7-11)17(18,19)20)23(13-5-6-13)16(24)14-9-25-15(8-21)22-14/h2-4,7,9-10,13H,5-6,8,21H2,1H3. The molecule has 134 valence electrons. The van der Waals surface area contributed by atoms with Crippen molar-refractivity contribution in [1.82, 2.24) is 9.88 Å². The summed E-state index contributed by atoms with van der Waals surface area (Å²) in [6, 6.07) is 4.71. The number of hydrogen-bond acceptors (Lipinski definition) is 4. The lowest BCUT2D eigenvalue weighted by atomic mass is 10.0. The molecule has 1 saturated carbocycles. The van der Waals surface area contributed by atoms with Crippen LogP contribution >= 0.6 is 11.3 Å². The fourth-order valence-electron chi connectivity index (χ4n) is 2.78. The molecule has 1 atom stereocenters. The summed E-state index contributed by atoms with van der Waals surface area (Å²) in [5.74, 6) is -0.261. The predicted octanol–water partition coefficient (Wildman–Crippen LogP) is 3.99. The number of nitrogens with zero attached hydrogens (tertiary/aromatic N) is 2. The summed E-state index contributed by atoms with van der Waals surface area (Å²) >= 11 is 1.31. The van der Waals surface area contributed by atoms with Crippen LogP contribution in [0.4, 0.5) is 13.2 Å². The van der Waals surface area contributed by atoms with E-state index in [1.54, 1.807) is 23.3 Å². The van der Waals surface area contributed by atoms with Gasteiger partial charge in [-0.3, -0.25) is 4.79 Å². The van der Waals surface area contributed by atoms with Crippen LogP contribution in [-0.2, 0) is 12.7 Å². The molecule has 1 aromatic carbocycles. The van der Waals surface area contributed by atoms with Gasteiger partial charge in [-0.05, 0) is 37.5 Å². The number of aromatic nitrogens is 1. The Hall–Kier alpha value is -1.93. The summed E-state index contributed by atoms with van der Waals surface area (Å²) in [4.78, 5) is 18.7. The molecule has 8 heteroatoms. The van der Waals surface area contributed by atoms with Gasteiger partial charge in [0.1, 0.15) is 10.7 Å². The van der Waals surface area contributed by atoms with Crippen molar-refractivity contribution in [3.8, 4) is 0 Å². The van der Waals surface area contributed by atoms with E-state index in [9.17, 15) is 18.0 Å². The molecule has 0 spiro atoms. The fraction of sp³-hybridized carbons (Fsp3) is 0.412. The topological polar surface area (TPSA) is 59.2 Å². The quantitative estimate of drug-likeness (QED) is 0.867. The Bertz CT molecular complexity index is 770. The SMILES string of the molecule is CC(c1cccc(C(F)(F)F)c1)N(C(=O)c1csc(CN)n1)C1CC1. The zero-order chi connectivity index (χ0) is 18.2. The average Bonchev–Trinajstić information content (AvgIpc) is 3.29. The molecule has 1 aromatic heterocycles. The van der Waals surface area contributed by atoms with Gasteiger partial charge in [0.2, 0.25) is 0 Å². The van der Waals surface area contributed by atoms with E-state index in [1.165, 1.54) is 17.4 Å². The highest BCUT2D eigenvalue weighted by Gasteiger charge is 2.38. The molecule has 0 saturated heterocycles. The van der Waals surface area contributed by atoms with E-state index >= 15 is 0 Å². The zero-order valence-electron chi connectivity index (χ0n) is 13.6. The van der Waals surface area contributed by atoms with Crippen molar-refractivity contribution in [2.24, 2.45) is 5.73 Å². The first-order chi connectivity index (χ1) is 11.8. The van der Waals surface area contributed by atoms with Gasteiger partial charge in [0.25, 0.3) is 5.91 Å². The van der Waals surface area contributed by atoms with Crippen LogP contribution in [0.1, 0.15) is 52.4 Å². The number of thiazole rings is 1. The number of halogens is 3. The number of alkyl halides is 3. The molecule has 0 bridgehead atoms. The van der Waals surface area contributed by atoms with Crippen molar-refractivity contribution in [1.29, 1.82) is 0 Å². The van der Waals surface area contributed by atoms with Crippen molar-refractivity contribution in [3.05, 3.63) is 51.5 Å². The Kier molecular flexibility index (Phi) is 4.83. The molecule has 0 radical (unpaired) electrons. The Morgan fingerprint density at radius 1 is 1.44 bits per heavy atom. The van der Waals surface area contributed by atoms with Gasteiger partial charge in [-0.2, -0.15) is 13.2 Å². The maximum atomic E-state index is 13.0. The second-order valence-electron chi connectivity index (χ2n) is 6.07. The maximum Gasteiger partial charge on any atom is 0.416 e. The third kappa shape index (κ3) is 3.85. The number of carbonyl (C=O) groups excluding carboxylic acids is 1. The van der Waals surface area contributed by atoms with Crippen LogP contribution in [0.3, 0.4) is 0 Å². The molecule has 1 amide bonds. The van der Waals surface area contributed by atoms with Gasteiger partial charge in [0.15, 0.2) is 0 Å². The highest BCUT2D eigenvalue weighted by atomic mass is 32.1. The summed E-state index contributed by atoms with van der Waals surface area (Å²) in [7, 11) is 0. The van der Waals surface area contributed by atoms with Gasteiger partial charge in [-0.15, -0.1) is 11.3 Å². The predicted molar refractivity (Wildman–Crippen MR) is 89.1 cm³/mol. The lowest BCUT2D eigenvalue weighted by molar-refractivity contribution is -0.137. The molecule has 1 fully saturated rings. The van der Waals surface area contributed by atoms with Gasteiger partial charge in [0, 0.05) is 18.0 Å². The lowest BCUT2D eigenvalue weighted by Crippen LogP contribution is -2.36. The molecular weight excluding hydrogens is 351 g/mol. The summed E-state index contributed by atoms with van der Waals surface area (Å²) in [6.45, 7) is 2.01. The van der Waals surface area contributed by atoms with E-state index in [1.807, 2.05) is 0 Å². The minimum absolute atomic E-state index is 0.0417. The van der Waals surface area contributed by atoms with E-state index in [0.29, 0.717) is 16.3 Å². The average molecular weight is 369 g/mol. The van der Waals surface area contributed by atoms with Crippen molar-refractivity contribution in [2.75, 3.05) is 0 Å². The Morgan fingerprint density at radius 2 is 2.16 bits per heavy atom. The lowest BCUT2D eigenvalue weighted by Gasteiger charge is -2.29. The van der Waals surface area contributed by atoms with E-state index < -0.39 is 17.8 Å². The summed E-state index contributed by atoms with van der Waals surface area (Å²) in [5.41, 5.74) is 5.59. The highest BCUT2D eigenvalue weighted by molar-refractivity contribution is 7.09. The molecule has 1 heterocycles. The molecular formula is C17H18F3N3OS. The van der Waals surface area contributed by atoms with Crippen LogP contribution < -0.4 is 5.73 Å². The molecule has 0 aliphatic heterocycles. The van der Waals surface area contributed by atoms with E-state index in [2.05, 4.69) is 4.98 Å². The summed E-state index contributed by atoms with van der Waals surface area (Å²) < 4.78 is 38.9. The van der Waals surface area contributed by atoms with Crippen molar-refractivity contribution in [2.45, 2.75) is 44.6 Å². The molecule has 1 unspecified atom stereocenters. The Labute approximate surface area is 147 Å². The third-order valence-electron chi connectivity index (χ3n) is 4.23. The zero-order valence-corrected chi connectivity index (χ0v) is 14.4. The van der Waals surface area contributed by atoms with Crippen molar-refractivity contribution >= 4 is 17.2 Å². The summed E-state index contributed by atoms with van der Waals surface area (Å²) in [5, 5.41) is 2.31. The first kappa shape index (κ1) is 17.9. The fourth-order valence-corrected chi connectivity index (χ4v) is 3.43. The van der Waals surface area contributed by atoms with Gasteiger partial charge >= 0.3 is 6.18 Å². The van der Waals surface area contributed by atoms with Crippen LogP contribution in [0, 0.1) is 0 Å². The second-order valence-corrected chi connectivity index (χ2v) is 7.02. The monoisotopic (exact) mass is 369 g/mol. The van der Waals surface area contributed by atoms with E-state index in [4.69, 9.17) is 5.73 Å². The van der Waals surface area contributed by atoms with Crippen molar-refractivity contribution in [3.63, 3.8) is 0 Å². The van der Waals surface area contributed by atoms with Gasteiger partial charge in [0.05, 0.1) is 11.6 Å². The van der Waals surface area contributed by atoms with Gasteiger partial charge in [-0.25, -0.2) is 4.98 Å². The number of rotatable bonds is 5. The minimum atomic E-state index is -4.41. The first-order valence-corrected chi connectivity index (χ1v) is 8.83. The van der Waals surface area contributed by atoms with Crippen LogP contribution in [0.5, 0.6) is 0 Å². The molecule has 3 rings (SSSR count). The maximum absolute atomic E-state index is 13.0. The molecule has 1 aliphatic rings. The number of benzene rings is 1. The second kappa shape index (κ2) is 6.76. The molecule has 2 aromatic rings. The van der Waals surface area contributed by atoms with Crippen molar-refractivity contribution < 1.29 is 18.0 Å². The minimum Gasteiger partial charge on any atom is -0.328 e. The largest absolute Gasteiger partial charge is 0.416 e. The molecule has 1 aliphatic carbocycles. The number of nitrogens with two attached hydrogens (primary N) is 1. The van der Waals surface area contributed by atoms with E-state index in [0.717, 1.165) is 25.0 Å². The van der Waals surface area contributed by atoms with Crippen LogP contribution in [-0.4, -0.2) is 21.8 Å². The van der Waals surface area contributed by atoms with Crippen LogP contribution in [0.15, 0.2) is 29.6 Å². The van der Waals surface area contributed by atoms with E-state index in [-0.39, 0.29) is 18.5 Å². The summed E-state index contributed by atoms with van der Waals surface area (Å²) in [6.07, 6.45) is -2.71. The molecule has 4 nitrogen and oxygen atoms in total. The third-order valence-corrected chi connectivity index (χ3v) is 5.11. The highest BCUT2D eigenvalue weighted by Crippen LogP contribution is 2.37. The Balaban J connectivity index is 1.89. The molecule has 25 heavy (non-hydrogen) atoms. The number of carbonyl (C=O) groups is 1. The van der Waals surface area contributed by atoms with Gasteiger partial charge < -0.3 is 10.6 Å². The number of hydrogen-bond donors (Lipinski definition) is 1. The van der Waals surface area contributed by atoms with Gasteiger partial charge in [-0.1, -0.05) is 12.1 Å². The van der Waals surface area contributed by atoms with Crippen LogP contribution in [0.25, 0.3) is 0 Å². The molecule has 2 N–H and O–H groups in total.